The monoisotopic (exact) mass is 536 g/mol. The van der Waals surface area contributed by atoms with Crippen LogP contribution in [0, 0.1) is 0 Å². The van der Waals surface area contributed by atoms with E-state index in [0.717, 1.165) is 41.3 Å². The molecular weight excluding hydrogens is 508 g/mol. The van der Waals surface area contributed by atoms with Crippen molar-refractivity contribution in [3.63, 3.8) is 0 Å². The number of nitrogens with zero attached hydrogens (tertiary/aromatic N) is 4. The molecule has 4 rings (SSSR count). The first-order chi connectivity index (χ1) is 17.0. The zero-order chi connectivity index (χ0) is 24.8. The van der Waals surface area contributed by atoms with Crippen molar-refractivity contribution >= 4 is 27.7 Å². The van der Waals surface area contributed by atoms with Gasteiger partial charge in [0, 0.05) is 28.7 Å². The summed E-state index contributed by atoms with van der Waals surface area (Å²) in [5, 5.41) is 4.14. The Morgan fingerprint density at radius 3 is 2.60 bits per heavy atom. The molecule has 8 heteroatoms. The maximum atomic E-state index is 13.4. The van der Waals surface area contributed by atoms with Crippen LogP contribution in [0.3, 0.4) is 0 Å². The SMILES string of the molecule is C=CCN(CC(=O)N1CCCCC1c1nc(-c2ccc(Br)cc2)no1)C(=O)c1ccc(CC)cc1. The third-order valence-electron chi connectivity index (χ3n) is 6.22. The molecule has 0 spiro atoms. The Bertz CT molecular complexity index is 1170. The van der Waals surface area contributed by atoms with E-state index in [9.17, 15) is 9.59 Å². The summed E-state index contributed by atoms with van der Waals surface area (Å²) in [6.07, 6.45) is 5.13. The van der Waals surface area contributed by atoms with Crippen LogP contribution in [-0.4, -0.2) is 51.4 Å². The molecular formula is C27H29BrN4O3. The van der Waals surface area contributed by atoms with E-state index in [1.807, 2.05) is 48.5 Å². The van der Waals surface area contributed by atoms with Crippen LogP contribution in [0.15, 0.2) is 70.2 Å². The Morgan fingerprint density at radius 1 is 1.17 bits per heavy atom. The molecule has 3 aromatic rings. The molecule has 182 valence electrons. The number of hydrogen-bond acceptors (Lipinski definition) is 5. The lowest BCUT2D eigenvalue weighted by atomic mass is 10.0. The number of hydrogen-bond donors (Lipinski definition) is 0. The van der Waals surface area contributed by atoms with Crippen molar-refractivity contribution < 1.29 is 14.1 Å². The van der Waals surface area contributed by atoms with Crippen LogP contribution < -0.4 is 0 Å². The van der Waals surface area contributed by atoms with Crippen molar-refractivity contribution in [2.75, 3.05) is 19.6 Å². The Kier molecular flexibility index (Phi) is 8.13. The lowest BCUT2D eigenvalue weighted by molar-refractivity contribution is -0.136. The Balaban J connectivity index is 1.50. The van der Waals surface area contributed by atoms with Gasteiger partial charge >= 0.3 is 0 Å². The van der Waals surface area contributed by atoms with Gasteiger partial charge in [0.15, 0.2) is 0 Å². The average molecular weight is 537 g/mol. The van der Waals surface area contributed by atoms with Crippen LogP contribution in [-0.2, 0) is 11.2 Å². The summed E-state index contributed by atoms with van der Waals surface area (Å²) in [6.45, 7) is 6.67. The van der Waals surface area contributed by atoms with E-state index in [0.29, 0.717) is 23.8 Å². The van der Waals surface area contributed by atoms with Crippen LogP contribution in [0.5, 0.6) is 0 Å². The van der Waals surface area contributed by atoms with Gasteiger partial charge in [-0.3, -0.25) is 9.59 Å². The highest BCUT2D eigenvalue weighted by Gasteiger charge is 2.33. The molecule has 0 aliphatic carbocycles. The molecule has 7 nitrogen and oxygen atoms in total. The lowest BCUT2D eigenvalue weighted by Gasteiger charge is -2.35. The average Bonchev–Trinajstić information content (AvgIpc) is 3.38. The molecule has 1 aliphatic heterocycles. The second-order valence-electron chi connectivity index (χ2n) is 8.59. The van der Waals surface area contributed by atoms with Crippen LogP contribution in [0.2, 0.25) is 0 Å². The molecule has 0 bridgehead atoms. The van der Waals surface area contributed by atoms with Crippen molar-refractivity contribution in [1.82, 2.24) is 19.9 Å². The second-order valence-corrected chi connectivity index (χ2v) is 9.50. The number of likely N-dealkylation sites (tertiary alicyclic amines) is 1. The first-order valence-corrected chi connectivity index (χ1v) is 12.7. The normalized spacial score (nSPS) is 15.6. The topological polar surface area (TPSA) is 79.5 Å². The predicted molar refractivity (Wildman–Crippen MR) is 138 cm³/mol. The van der Waals surface area contributed by atoms with Crippen LogP contribution >= 0.6 is 15.9 Å². The number of aromatic nitrogens is 2. The largest absolute Gasteiger partial charge is 0.337 e. The van der Waals surface area contributed by atoms with E-state index in [2.05, 4.69) is 39.6 Å². The van der Waals surface area contributed by atoms with Crippen LogP contribution in [0.25, 0.3) is 11.4 Å². The number of benzene rings is 2. The second kappa shape index (κ2) is 11.4. The molecule has 1 aliphatic rings. The van der Waals surface area contributed by atoms with Gasteiger partial charge in [-0.25, -0.2) is 0 Å². The van der Waals surface area contributed by atoms with Crippen molar-refractivity contribution in [3.05, 3.63) is 82.7 Å². The molecule has 1 unspecified atom stereocenters. The van der Waals surface area contributed by atoms with Crippen LogP contribution in [0.4, 0.5) is 0 Å². The Labute approximate surface area is 213 Å². The molecule has 2 aromatic carbocycles. The zero-order valence-corrected chi connectivity index (χ0v) is 21.4. The summed E-state index contributed by atoms with van der Waals surface area (Å²) in [6, 6.07) is 14.9. The van der Waals surface area contributed by atoms with E-state index >= 15 is 0 Å². The van der Waals surface area contributed by atoms with Crippen molar-refractivity contribution in [3.8, 4) is 11.4 Å². The van der Waals surface area contributed by atoms with Gasteiger partial charge in [-0.05, 0) is 67.6 Å². The smallest absolute Gasteiger partial charge is 0.254 e. The van der Waals surface area contributed by atoms with E-state index in [-0.39, 0.29) is 30.9 Å². The predicted octanol–water partition coefficient (Wildman–Crippen LogP) is 5.44. The number of aryl methyl sites for hydroxylation is 1. The van der Waals surface area contributed by atoms with Crippen LogP contribution in [0.1, 0.15) is 54.0 Å². The summed E-state index contributed by atoms with van der Waals surface area (Å²) < 4.78 is 6.56. The molecule has 0 N–H and O–H groups in total. The summed E-state index contributed by atoms with van der Waals surface area (Å²) in [7, 11) is 0. The summed E-state index contributed by atoms with van der Waals surface area (Å²) in [4.78, 5) is 34.5. The van der Waals surface area contributed by atoms with Gasteiger partial charge in [0.25, 0.3) is 5.91 Å². The van der Waals surface area contributed by atoms with Gasteiger partial charge in [0.05, 0.1) is 0 Å². The lowest BCUT2D eigenvalue weighted by Crippen LogP contribution is -2.46. The highest BCUT2D eigenvalue weighted by molar-refractivity contribution is 9.10. The minimum absolute atomic E-state index is 0.0371. The Morgan fingerprint density at radius 2 is 1.91 bits per heavy atom. The molecule has 1 atom stereocenters. The molecule has 1 fully saturated rings. The molecule has 2 heterocycles. The van der Waals surface area contributed by atoms with Crippen molar-refractivity contribution in [2.24, 2.45) is 0 Å². The van der Waals surface area contributed by atoms with Gasteiger partial charge in [-0.1, -0.05) is 46.2 Å². The third kappa shape index (κ3) is 5.88. The van der Waals surface area contributed by atoms with Crippen molar-refractivity contribution in [2.45, 2.75) is 38.6 Å². The summed E-state index contributed by atoms with van der Waals surface area (Å²) >= 11 is 3.43. The fraction of sp³-hybridized carbons (Fsp3) is 0.333. The molecule has 35 heavy (non-hydrogen) atoms. The van der Waals surface area contributed by atoms with E-state index in [1.165, 1.54) is 4.90 Å². The standard InChI is InChI=1S/C27H29BrN4O3/c1-3-16-31(27(34)21-10-8-19(4-2)9-11-21)18-24(33)32-17-6-5-7-23(32)26-29-25(30-35-26)20-12-14-22(28)15-13-20/h3,8-15,23H,1,4-7,16-18H2,2H3. The molecule has 1 saturated heterocycles. The maximum Gasteiger partial charge on any atom is 0.254 e. The number of amides is 2. The zero-order valence-electron chi connectivity index (χ0n) is 19.8. The van der Waals surface area contributed by atoms with Gasteiger partial charge < -0.3 is 14.3 Å². The quantitative estimate of drug-likeness (QED) is 0.358. The first-order valence-electron chi connectivity index (χ1n) is 11.9. The first kappa shape index (κ1) is 24.9. The highest BCUT2D eigenvalue weighted by atomic mass is 79.9. The highest BCUT2D eigenvalue weighted by Crippen LogP contribution is 2.31. The molecule has 2 amide bonds. The van der Waals surface area contributed by atoms with E-state index in [1.54, 1.807) is 11.0 Å². The van der Waals surface area contributed by atoms with Gasteiger partial charge in [0.1, 0.15) is 12.6 Å². The fourth-order valence-corrected chi connectivity index (χ4v) is 4.53. The number of carbonyl (C=O) groups excluding carboxylic acids is 2. The third-order valence-corrected chi connectivity index (χ3v) is 6.75. The Hall–Kier alpha value is -3.26. The van der Waals surface area contributed by atoms with E-state index < -0.39 is 0 Å². The minimum atomic E-state index is -0.308. The van der Waals surface area contributed by atoms with Gasteiger partial charge in [-0.2, -0.15) is 4.98 Å². The minimum Gasteiger partial charge on any atom is -0.337 e. The number of piperidine rings is 1. The molecule has 1 aromatic heterocycles. The fourth-order valence-electron chi connectivity index (χ4n) is 4.27. The maximum absolute atomic E-state index is 13.4. The number of halogens is 1. The summed E-state index contributed by atoms with van der Waals surface area (Å²) in [5.41, 5.74) is 2.56. The van der Waals surface area contributed by atoms with E-state index in [4.69, 9.17) is 4.52 Å². The number of rotatable bonds is 8. The van der Waals surface area contributed by atoms with Gasteiger partial charge in [0.2, 0.25) is 17.6 Å². The summed E-state index contributed by atoms with van der Waals surface area (Å²) in [5.74, 6) is 0.584. The molecule has 0 saturated carbocycles. The van der Waals surface area contributed by atoms with Crippen molar-refractivity contribution in [1.29, 1.82) is 0 Å². The number of carbonyl (C=O) groups is 2. The van der Waals surface area contributed by atoms with Gasteiger partial charge in [-0.15, -0.1) is 6.58 Å². The molecule has 0 radical (unpaired) electrons.